The van der Waals surface area contributed by atoms with Gasteiger partial charge in [0.15, 0.2) is 5.75 Å². The standard InChI is InChI=1S/C12H21N3O/c1-5-15-12(11(16-4)9-14-15)10(2)7-6-8-13-3/h7,9,13H,5-6,8H2,1-4H3. The first kappa shape index (κ1) is 12.8. The number of hydrogen-bond acceptors (Lipinski definition) is 3. The highest BCUT2D eigenvalue weighted by Gasteiger charge is 2.11. The van der Waals surface area contributed by atoms with Crippen LogP contribution in [0.25, 0.3) is 5.57 Å². The summed E-state index contributed by atoms with van der Waals surface area (Å²) >= 11 is 0. The van der Waals surface area contributed by atoms with Gasteiger partial charge in [0.25, 0.3) is 0 Å². The molecule has 90 valence electrons. The number of aryl methyl sites for hydroxylation is 1. The van der Waals surface area contributed by atoms with Gasteiger partial charge in [0.2, 0.25) is 0 Å². The Balaban J connectivity index is 2.91. The van der Waals surface area contributed by atoms with Crippen molar-refractivity contribution in [2.45, 2.75) is 26.8 Å². The minimum absolute atomic E-state index is 0.847. The molecule has 0 unspecified atom stereocenters. The molecule has 16 heavy (non-hydrogen) atoms. The zero-order valence-electron chi connectivity index (χ0n) is 10.6. The van der Waals surface area contributed by atoms with Crippen molar-refractivity contribution in [2.75, 3.05) is 20.7 Å². The molecule has 0 amide bonds. The molecule has 0 atom stereocenters. The van der Waals surface area contributed by atoms with E-state index in [1.807, 2.05) is 11.7 Å². The Morgan fingerprint density at radius 2 is 2.38 bits per heavy atom. The van der Waals surface area contributed by atoms with Gasteiger partial charge in [0.1, 0.15) is 5.69 Å². The zero-order chi connectivity index (χ0) is 12.0. The van der Waals surface area contributed by atoms with Crippen molar-refractivity contribution in [3.05, 3.63) is 18.0 Å². The number of hydrogen-bond donors (Lipinski definition) is 1. The maximum absolute atomic E-state index is 5.32. The number of methoxy groups -OCH3 is 1. The monoisotopic (exact) mass is 223 g/mol. The summed E-state index contributed by atoms with van der Waals surface area (Å²) in [6, 6.07) is 0. The Morgan fingerprint density at radius 3 is 2.94 bits per heavy atom. The molecule has 0 fully saturated rings. The number of allylic oxidation sites excluding steroid dienone is 1. The fraction of sp³-hybridized carbons (Fsp3) is 0.583. The van der Waals surface area contributed by atoms with Crippen LogP contribution in [0, 0.1) is 0 Å². The van der Waals surface area contributed by atoms with Gasteiger partial charge in [-0.05, 0) is 39.4 Å². The molecule has 1 aromatic heterocycles. The summed E-state index contributed by atoms with van der Waals surface area (Å²) in [4.78, 5) is 0. The maximum atomic E-state index is 5.32. The molecule has 0 spiro atoms. The SMILES string of the molecule is CCn1ncc(OC)c1C(C)=CCCNC. The molecule has 4 nitrogen and oxygen atoms in total. The summed E-state index contributed by atoms with van der Waals surface area (Å²) < 4.78 is 7.28. The van der Waals surface area contributed by atoms with Crippen molar-refractivity contribution in [3.8, 4) is 5.75 Å². The topological polar surface area (TPSA) is 39.1 Å². The second kappa shape index (κ2) is 6.33. The van der Waals surface area contributed by atoms with Crippen molar-refractivity contribution in [1.29, 1.82) is 0 Å². The molecule has 0 aromatic carbocycles. The van der Waals surface area contributed by atoms with Gasteiger partial charge in [-0.3, -0.25) is 4.68 Å². The van der Waals surface area contributed by atoms with Crippen LogP contribution in [-0.4, -0.2) is 30.5 Å². The molecule has 0 aliphatic carbocycles. The number of ether oxygens (including phenoxy) is 1. The Bertz CT molecular complexity index is 334. The van der Waals surface area contributed by atoms with Gasteiger partial charge in [-0.2, -0.15) is 5.10 Å². The highest BCUT2D eigenvalue weighted by Crippen LogP contribution is 2.25. The molecular formula is C12H21N3O. The van der Waals surface area contributed by atoms with Gasteiger partial charge in [-0.25, -0.2) is 0 Å². The van der Waals surface area contributed by atoms with E-state index in [-0.39, 0.29) is 0 Å². The molecule has 0 aliphatic heterocycles. The predicted molar refractivity (Wildman–Crippen MR) is 66.6 cm³/mol. The minimum atomic E-state index is 0.847. The second-order valence-corrected chi connectivity index (χ2v) is 3.66. The molecule has 1 heterocycles. The summed E-state index contributed by atoms with van der Waals surface area (Å²) in [5.74, 6) is 0.847. The van der Waals surface area contributed by atoms with Crippen molar-refractivity contribution in [2.24, 2.45) is 0 Å². The molecule has 4 heteroatoms. The summed E-state index contributed by atoms with van der Waals surface area (Å²) in [6.45, 7) is 6.02. The molecule has 1 N–H and O–H groups in total. The Labute approximate surface area is 97.3 Å². The van der Waals surface area contributed by atoms with E-state index in [4.69, 9.17) is 4.74 Å². The first-order valence-electron chi connectivity index (χ1n) is 5.66. The van der Waals surface area contributed by atoms with Gasteiger partial charge >= 0.3 is 0 Å². The Kier molecular flexibility index (Phi) is 5.05. The molecule has 0 radical (unpaired) electrons. The van der Waals surface area contributed by atoms with E-state index in [1.165, 1.54) is 5.57 Å². The maximum Gasteiger partial charge on any atom is 0.164 e. The van der Waals surface area contributed by atoms with Crippen LogP contribution in [0.15, 0.2) is 12.3 Å². The van der Waals surface area contributed by atoms with Crippen LogP contribution in [0.3, 0.4) is 0 Å². The van der Waals surface area contributed by atoms with E-state index >= 15 is 0 Å². The molecule has 0 saturated carbocycles. The normalized spacial score (nSPS) is 11.9. The molecule has 0 bridgehead atoms. The fourth-order valence-electron chi connectivity index (χ4n) is 1.68. The smallest absolute Gasteiger partial charge is 0.164 e. The largest absolute Gasteiger partial charge is 0.493 e. The highest BCUT2D eigenvalue weighted by atomic mass is 16.5. The molecule has 1 aromatic rings. The fourth-order valence-corrected chi connectivity index (χ4v) is 1.68. The van der Waals surface area contributed by atoms with Crippen molar-refractivity contribution in [1.82, 2.24) is 15.1 Å². The summed E-state index contributed by atoms with van der Waals surface area (Å²) in [7, 11) is 3.64. The quantitative estimate of drug-likeness (QED) is 0.749. The van der Waals surface area contributed by atoms with Gasteiger partial charge in [-0.1, -0.05) is 6.08 Å². The number of nitrogens with one attached hydrogen (secondary N) is 1. The number of rotatable bonds is 6. The third kappa shape index (κ3) is 2.85. The Morgan fingerprint density at radius 1 is 1.62 bits per heavy atom. The van der Waals surface area contributed by atoms with Crippen molar-refractivity contribution >= 4 is 5.57 Å². The van der Waals surface area contributed by atoms with Crippen LogP contribution in [0.4, 0.5) is 0 Å². The van der Waals surface area contributed by atoms with Crippen LogP contribution in [-0.2, 0) is 6.54 Å². The van der Waals surface area contributed by atoms with Crippen LogP contribution in [0.5, 0.6) is 5.75 Å². The van der Waals surface area contributed by atoms with Crippen LogP contribution in [0.1, 0.15) is 26.0 Å². The van der Waals surface area contributed by atoms with Gasteiger partial charge in [0, 0.05) is 6.54 Å². The average Bonchev–Trinajstić information content (AvgIpc) is 2.71. The van der Waals surface area contributed by atoms with E-state index in [1.54, 1.807) is 13.3 Å². The lowest BCUT2D eigenvalue weighted by Gasteiger charge is -2.07. The van der Waals surface area contributed by atoms with E-state index in [0.29, 0.717) is 0 Å². The van der Waals surface area contributed by atoms with Crippen molar-refractivity contribution < 1.29 is 4.74 Å². The first-order valence-corrected chi connectivity index (χ1v) is 5.66. The predicted octanol–water partition coefficient (Wildman–Crippen LogP) is 1.92. The van der Waals surface area contributed by atoms with Crippen LogP contribution in [0.2, 0.25) is 0 Å². The first-order chi connectivity index (χ1) is 7.74. The molecule has 0 saturated heterocycles. The average molecular weight is 223 g/mol. The van der Waals surface area contributed by atoms with E-state index in [0.717, 1.165) is 31.0 Å². The molecular weight excluding hydrogens is 202 g/mol. The van der Waals surface area contributed by atoms with E-state index < -0.39 is 0 Å². The second-order valence-electron chi connectivity index (χ2n) is 3.66. The lowest BCUT2D eigenvalue weighted by molar-refractivity contribution is 0.412. The van der Waals surface area contributed by atoms with Crippen molar-refractivity contribution in [3.63, 3.8) is 0 Å². The number of nitrogens with zero attached hydrogens (tertiary/aromatic N) is 2. The van der Waals surface area contributed by atoms with Gasteiger partial charge in [0.05, 0.1) is 13.3 Å². The highest BCUT2D eigenvalue weighted by molar-refractivity contribution is 5.65. The third-order valence-corrected chi connectivity index (χ3v) is 2.54. The van der Waals surface area contributed by atoms with Gasteiger partial charge < -0.3 is 10.1 Å². The lowest BCUT2D eigenvalue weighted by atomic mass is 10.1. The Hall–Kier alpha value is -1.29. The lowest BCUT2D eigenvalue weighted by Crippen LogP contribution is -2.06. The van der Waals surface area contributed by atoms with E-state index in [2.05, 4.69) is 30.3 Å². The van der Waals surface area contributed by atoms with Gasteiger partial charge in [-0.15, -0.1) is 0 Å². The minimum Gasteiger partial charge on any atom is -0.493 e. The van der Waals surface area contributed by atoms with Crippen LogP contribution >= 0.6 is 0 Å². The van der Waals surface area contributed by atoms with E-state index in [9.17, 15) is 0 Å². The summed E-state index contributed by atoms with van der Waals surface area (Å²) in [5, 5.41) is 7.42. The summed E-state index contributed by atoms with van der Waals surface area (Å²) in [6.07, 6.45) is 5.00. The van der Waals surface area contributed by atoms with Crippen LogP contribution < -0.4 is 10.1 Å². The third-order valence-electron chi connectivity index (χ3n) is 2.54. The zero-order valence-corrected chi connectivity index (χ0v) is 10.6. The molecule has 0 aliphatic rings. The number of aromatic nitrogens is 2. The summed E-state index contributed by atoms with van der Waals surface area (Å²) in [5.41, 5.74) is 2.30. The molecule has 1 rings (SSSR count).